The van der Waals surface area contributed by atoms with Gasteiger partial charge in [-0.1, -0.05) is 30.7 Å². The molecule has 2 heterocycles. The average Bonchev–Trinajstić information content (AvgIpc) is 2.73. The first-order chi connectivity index (χ1) is 15.1. The van der Waals surface area contributed by atoms with Crippen molar-refractivity contribution in [2.45, 2.75) is 45.2 Å². The predicted molar refractivity (Wildman–Crippen MR) is 121 cm³/mol. The molecule has 0 atom stereocenters. The third-order valence-corrected chi connectivity index (χ3v) is 7.41. The third-order valence-electron chi connectivity index (χ3n) is 7.41. The molecule has 0 aromatic heterocycles. The van der Waals surface area contributed by atoms with Crippen LogP contribution in [0.2, 0.25) is 0 Å². The van der Waals surface area contributed by atoms with Crippen molar-refractivity contribution in [2.75, 3.05) is 39.3 Å². The quantitative estimate of drug-likeness (QED) is 0.750. The molecule has 2 aromatic carbocycles. The normalized spacial score (nSPS) is 20.4. The molecular weight excluding hydrogens is 389 g/mol. The van der Waals surface area contributed by atoms with Crippen molar-refractivity contribution in [2.24, 2.45) is 0 Å². The van der Waals surface area contributed by atoms with Gasteiger partial charge in [-0.2, -0.15) is 0 Å². The predicted octanol–water partition coefficient (Wildman–Crippen LogP) is 3.86. The van der Waals surface area contributed by atoms with Gasteiger partial charge in [0.05, 0.1) is 6.54 Å². The molecule has 4 nitrogen and oxygen atoms in total. The number of halogens is 1. The maximum Gasteiger partial charge on any atom is 0.236 e. The third kappa shape index (κ3) is 4.39. The Bertz CT molecular complexity index is 963. The molecule has 2 aromatic rings. The van der Waals surface area contributed by atoms with E-state index in [4.69, 9.17) is 0 Å². The van der Waals surface area contributed by atoms with Crippen molar-refractivity contribution in [3.05, 3.63) is 58.9 Å². The summed E-state index contributed by atoms with van der Waals surface area (Å²) in [6.45, 7) is 8.02. The van der Waals surface area contributed by atoms with Gasteiger partial charge in [-0.25, -0.2) is 4.39 Å². The highest BCUT2D eigenvalue weighted by atomic mass is 19.1. The fourth-order valence-corrected chi connectivity index (χ4v) is 5.24. The van der Waals surface area contributed by atoms with Crippen molar-refractivity contribution in [1.82, 2.24) is 14.7 Å². The van der Waals surface area contributed by atoms with Crippen LogP contribution in [0.4, 0.5) is 4.39 Å². The smallest absolute Gasteiger partial charge is 0.236 e. The Balaban J connectivity index is 1.18. The first-order valence-electron chi connectivity index (χ1n) is 11.7. The van der Waals surface area contributed by atoms with Gasteiger partial charge in [-0.15, -0.1) is 0 Å². The van der Waals surface area contributed by atoms with Crippen LogP contribution in [0.1, 0.15) is 36.0 Å². The second-order valence-corrected chi connectivity index (χ2v) is 9.40. The molecule has 2 aliphatic heterocycles. The van der Waals surface area contributed by atoms with Gasteiger partial charge in [0.2, 0.25) is 5.91 Å². The van der Waals surface area contributed by atoms with Crippen LogP contribution in [-0.4, -0.2) is 65.9 Å². The lowest BCUT2D eigenvalue weighted by molar-refractivity contribution is -0.135. The van der Waals surface area contributed by atoms with E-state index in [1.54, 1.807) is 6.07 Å². The topological polar surface area (TPSA) is 26.8 Å². The van der Waals surface area contributed by atoms with E-state index in [-0.39, 0.29) is 11.7 Å². The molecule has 1 aliphatic carbocycles. The summed E-state index contributed by atoms with van der Waals surface area (Å²) in [7, 11) is 0. The largest absolute Gasteiger partial charge is 0.339 e. The number of nitrogens with zero attached hydrogens (tertiary/aromatic N) is 3. The lowest BCUT2D eigenvalue weighted by atomic mass is 9.91. The molecule has 0 N–H and O–H groups in total. The fourth-order valence-electron chi connectivity index (χ4n) is 5.24. The Morgan fingerprint density at radius 1 is 1.00 bits per heavy atom. The number of rotatable bonds is 4. The van der Waals surface area contributed by atoms with Crippen LogP contribution < -0.4 is 0 Å². The van der Waals surface area contributed by atoms with Crippen molar-refractivity contribution < 1.29 is 9.18 Å². The molecule has 0 bridgehead atoms. The Labute approximate surface area is 184 Å². The molecule has 164 valence electrons. The molecule has 0 spiro atoms. The summed E-state index contributed by atoms with van der Waals surface area (Å²) in [5.41, 5.74) is 5.84. The molecule has 31 heavy (non-hydrogen) atoms. The Morgan fingerprint density at radius 3 is 2.52 bits per heavy atom. The molecule has 3 aliphatic rings. The van der Waals surface area contributed by atoms with Crippen LogP contribution >= 0.6 is 0 Å². The number of fused-ring (bicyclic) bond motifs is 1. The zero-order chi connectivity index (χ0) is 21.4. The Kier molecular flexibility index (Phi) is 5.81. The highest BCUT2D eigenvalue weighted by Crippen LogP contribution is 2.29. The lowest BCUT2D eigenvalue weighted by Crippen LogP contribution is -2.55. The molecule has 1 saturated heterocycles. The van der Waals surface area contributed by atoms with E-state index in [0.29, 0.717) is 6.54 Å². The zero-order valence-corrected chi connectivity index (χ0v) is 18.4. The van der Waals surface area contributed by atoms with Crippen molar-refractivity contribution in [3.63, 3.8) is 0 Å². The minimum Gasteiger partial charge on any atom is -0.339 e. The lowest BCUT2D eigenvalue weighted by Gasteiger charge is -2.43. The van der Waals surface area contributed by atoms with Gasteiger partial charge in [-0.3, -0.25) is 14.6 Å². The van der Waals surface area contributed by atoms with Crippen LogP contribution in [0.3, 0.4) is 0 Å². The minimum absolute atomic E-state index is 0.191. The summed E-state index contributed by atoms with van der Waals surface area (Å²) < 4.78 is 13.5. The first-order valence-corrected chi connectivity index (χ1v) is 11.7. The van der Waals surface area contributed by atoms with Gasteiger partial charge in [-0.05, 0) is 66.1 Å². The highest BCUT2D eigenvalue weighted by Gasteiger charge is 2.30. The van der Waals surface area contributed by atoms with Crippen LogP contribution in [0.15, 0.2) is 36.4 Å². The number of aryl methyl sites for hydroxylation is 1. The number of carbonyl (C=O) groups is 1. The number of hydrogen-bond donors (Lipinski definition) is 0. The van der Waals surface area contributed by atoms with E-state index in [0.717, 1.165) is 68.4 Å². The Hall–Kier alpha value is -2.24. The minimum atomic E-state index is -0.191. The average molecular weight is 422 g/mol. The summed E-state index contributed by atoms with van der Waals surface area (Å²) in [6.07, 6.45) is 4.99. The van der Waals surface area contributed by atoms with Crippen LogP contribution in [-0.2, 0) is 17.8 Å². The summed E-state index contributed by atoms with van der Waals surface area (Å²) in [5, 5.41) is 0. The molecule has 1 amide bonds. The summed E-state index contributed by atoms with van der Waals surface area (Å²) in [4.78, 5) is 19.8. The molecule has 1 saturated carbocycles. The van der Waals surface area contributed by atoms with E-state index in [2.05, 4.69) is 32.9 Å². The number of benzene rings is 2. The van der Waals surface area contributed by atoms with E-state index in [1.807, 2.05) is 13.0 Å². The van der Waals surface area contributed by atoms with Crippen molar-refractivity contribution >= 4 is 5.91 Å². The van der Waals surface area contributed by atoms with E-state index in [1.165, 1.54) is 36.5 Å². The second-order valence-electron chi connectivity index (χ2n) is 9.40. The van der Waals surface area contributed by atoms with Crippen molar-refractivity contribution in [1.29, 1.82) is 0 Å². The SMILES string of the molecule is Cc1cc(F)ccc1-c1ccc2c(c1)CCN(CC(=O)N1CCN(C3CCC3)CC1)C2. The molecule has 5 heteroatoms. The highest BCUT2D eigenvalue weighted by molar-refractivity contribution is 5.78. The standard InChI is InChI=1S/C26H32FN3O/c1-19-15-23(27)7-8-25(19)21-5-6-22-17-28(10-9-20(22)16-21)18-26(31)30-13-11-29(12-14-30)24-3-2-4-24/h5-8,15-16,24H,2-4,9-14,17-18H2,1H3. The maximum absolute atomic E-state index is 13.5. The zero-order valence-electron chi connectivity index (χ0n) is 18.4. The molecule has 0 unspecified atom stereocenters. The number of amides is 1. The monoisotopic (exact) mass is 421 g/mol. The molecule has 2 fully saturated rings. The maximum atomic E-state index is 13.5. The second kappa shape index (κ2) is 8.71. The van der Waals surface area contributed by atoms with Crippen LogP contribution in [0.5, 0.6) is 0 Å². The Morgan fingerprint density at radius 2 is 1.81 bits per heavy atom. The molecule has 0 radical (unpaired) electrons. The van der Waals surface area contributed by atoms with E-state index < -0.39 is 0 Å². The first kappa shape index (κ1) is 20.7. The van der Waals surface area contributed by atoms with Gasteiger partial charge < -0.3 is 4.90 Å². The summed E-state index contributed by atoms with van der Waals surface area (Å²) in [5.74, 6) is 0.0826. The van der Waals surface area contributed by atoms with Gasteiger partial charge in [0.25, 0.3) is 0 Å². The van der Waals surface area contributed by atoms with Crippen LogP contribution in [0, 0.1) is 12.7 Å². The van der Waals surface area contributed by atoms with Gasteiger partial charge >= 0.3 is 0 Å². The fraction of sp³-hybridized carbons (Fsp3) is 0.500. The van der Waals surface area contributed by atoms with Crippen molar-refractivity contribution in [3.8, 4) is 11.1 Å². The van der Waals surface area contributed by atoms with Crippen LogP contribution in [0.25, 0.3) is 11.1 Å². The summed E-state index contributed by atoms with van der Waals surface area (Å²) in [6, 6.07) is 12.3. The van der Waals surface area contributed by atoms with Gasteiger partial charge in [0.15, 0.2) is 0 Å². The number of hydrogen-bond acceptors (Lipinski definition) is 3. The van der Waals surface area contributed by atoms with E-state index in [9.17, 15) is 9.18 Å². The van der Waals surface area contributed by atoms with E-state index >= 15 is 0 Å². The number of carbonyl (C=O) groups excluding carboxylic acids is 1. The molecule has 5 rings (SSSR count). The summed E-state index contributed by atoms with van der Waals surface area (Å²) >= 11 is 0. The van der Waals surface area contributed by atoms with Gasteiger partial charge in [0, 0.05) is 45.3 Å². The molecular formula is C26H32FN3O. The number of piperazine rings is 1. The van der Waals surface area contributed by atoms with Gasteiger partial charge in [0.1, 0.15) is 5.82 Å².